The number of hydrogen-bond acceptors (Lipinski definition) is 4. The molecule has 0 bridgehead atoms. The van der Waals surface area contributed by atoms with Crippen LogP contribution in [0.15, 0.2) is 64.5 Å². The third-order valence-corrected chi connectivity index (χ3v) is 7.32. The number of nitrogens with one attached hydrogen (secondary N) is 1. The van der Waals surface area contributed by atoms with Crippen molar-refractivity contribution in [1.29, 1.82) is 0 Å². The number of benzene rings is 3. The van der Waals surface area contributed by atoms with Gasteiger partial charge >= 0.3 is 0 Å². The Morgan fingerprint density at radius 1 is 1.10 bits per heavy atom. The van der Waals surface area contributed by atoms with Crippen molar-refractivity contribution in [3.63, 3.8) is 0 Å². The largest absolute Gasteiger partial charge is 0.383 e. The lowest BCUT2D eigenvalue weighted by Crippen LogP contribution is -2.06. The number of fused-ring (bicyclic) bond motifs is 1. The molecular formula is C24H22BrClN4S. The fourth-order valence-corrected chi connectivity index (χ4v) is 5.55. The minimum atomic E-state index is 0.705. The SMILES string of the molecule is Cc1ccc(NCCSc2nnc(Br)n2-c2ccc(C3CC3)c3ccccc23)c(Cl)c1. The maximum atomic E-state index is 6.33. The molecule has 1 aliphatic rings. The van der Waals surface area contributed by atoms with Gasteiger partial charge in [-0.15, -0.1) is 10.2 Å². The molecule has 0 saturated heterocycles. The highest BCUT2D eigenvalue weighted by Gasteiger charge is 2.26. The molecule has 1 aromatic heterocycles. The van der Waals surface area contributed by atoms with Gasteiger partial charge in [0.2, 0.25) is 4.73 Å². The number of thioether (sulfide) groups is 1. The zero-order chi connectivity index (χ0) is 21.4. The van der Waals surface area contributed by atoms with Crippen LogP contribution in [0.5, 0.6) is 0 Å². The first kappa shape index (κ1) is 20.9. The minimum Gasteiger partial charge on any atom is -0.383 e. The molecule has 5 rings (SSSR count). The van der Waals surface area contributed by atoms with E-state index in [1.165, 1.54) is 29.2 Å². The molecule has 158 valence electrons. The molecule has 0 atom stereocenters. The molecule has 1 N–H and O–H groups in total. The molecule has 3 aromatic carbocycles. The van der Waals surface area contributed by atoms with E-state index in [0.717, 1.165) is 39.4 Å². The second-order valence-corrected chi connectivity index (χ2v) is 10.0. The topological polar surface area (TPSA) is 42.7 Å². The molecule has 0 amide bonds. The van der Waals surface area contributed by atoms with Crippen LogP contribution in [0.2, 0.25) is 5.02 Å². The molecule has 0 radical (unpaired) electrons. The van der Waals surface area contributed by atoms with Crippen LogP contribution in [0, 0.1) is 6.92 Å². The summed E-state index contributed by atoms with van der Waals surface area (Å²) in [6, 6.07) is 19.2. The zero-order valence-electron chi connectivity index (χ0n) is 17.1. The fourth-order valence-electron chi connectivity index (χ4n) is 3.89. The summed E-state index contributed by atoms with van der Waals surface area (Å²) in [7, 11) is 0. The van der Waals surface area contributed by atoms with Crippen molar-refractivity contribution in [2.45, 2.75) is 30.8 Å². The zero-order valence-corrected chi connectivity index (χ0v) is 20.3. The van der Waals surface area contributed by atoms with Crippen molar-refractivity contribution in [2.24, 2.45) is 0 Å². The van der Waals surface area contributed by atoms with Crippen molar-refractivity contribution >= 4 is 55.8 Å². The van der Waals surface area contributed by atoms with Crippen molar-refractivity contribution in [3.05, 3.63) is 75.5 Å². The smallest absolute Gasteiger partial charge is 0.205 e. The van der Waals surface area contributed by atoms with Gasteiger partial charge in [-0.3, -0.25) is 4.57 Å². The van der Waals surface area contributed by atoms with Gasteiger partial charge in [0.25, 0.3) is 0 Å². The van der Waals surface area contributed by atoms with Crippen LogP contribution in [-0.2, 0) is 0 Å². The van der Waals surface area contributed by atoms with Gasteiger partial charge in [-0.2, -0.15) is 0 Å². The maximum absolute atomic E-state index is 6.33. The van der Waals surface area contributed by atoms with E-state index in [0.29, 0.717) is 10.7 Å². The molecule has 0 unspecified atom stereocenters. The Hall–Kier alpha value is -2.02. The van der Waals surface area contributed by atoms with Crippen LogP contribution >= 0.6 is 39.3 Å². The molecular weight excluding hydrogens is 492 g/mol. The number of aromatic nitrogens is 3. The van der Waals surface area contributed by atoms with Crippen molar-refractivity contribution in [1.82, 2.24) is 14.8 Å². The normalized spacial score (nSPS) is 13.6. The average Bonchev–Trinajstić information content (AvgIpc) is 3.55. The average molecular weight is 514 g/mol. The summed E-state index contributed by atoms with van der Waals surface area (Å²) in [5.41, 5.74) is 4.67. The molecule has 1 aliphatic carbocycles. The molecule has 1 saturated carbocycles. The third kappa shape index (κ3) is 4.34. The number of anilines is 1. The van der Waals surface area contributed by atoms with Gasteiger partial charge < -0.3 is 5.32 Å². The Labute approximate surface area is 199 Å². The number of hydrogen-bond donors (Lipinski definition) is 1. The first-order chi connectivity index (χ1) is 15.1. The summed E-state index contributed by atoms with van der Waals surface area (Å²) < 4.78 is 2.82. The van der Waals surface area contributed by atoms with Crippen molar-refractivity contribution in [3.8, 4) is 5.69 Å². The Morgan fingerprint density at radius 3 is 2.68 bits per heavy atom. The summed E-state index contributed by atoms with van der Waals surface area (Å²) in [6.07, 6.45) is 2.58. The number of halogens is 2. The summed E-state index contributed by atoms with van der Waals surface area (Å²) in [6.45, 7) is 2.82. The standard InChI is InChI=1S/C24H22BrClN4S/c1-15-6-10-21(20(26)14-15)27-12-13-31-24-29-28-23(25)30(24)22-11-9-17(16-7-8-16)18-4-2-3-5-19(18)22/h2-6,9-11,14,16,27H,7-8,12-13H2,1H3. The van der Waals surface area contributed by atoms with Crippen LogP contribution in [0.4, 0.5) is 5.69 Å². The number of nitrogens with zero attached hydrogens (tertiary/aromatic N) is 3. The van der Waals surface area contributed by atoms with Gasteiger partial charge in [0.1, 0.15) is 0 Å². The molecule has 31 heavy (non-hydrogen) atoms. The van der Waals surface area contributed by atoms with Gasteiger partial charge in [-0.25, -0.2) is 0 Å². The van der Waals surface area contributed by atoms with E-state index in [9.17, 15) is 0 Å². The predicted molar refractivity (Wildman–Crippen MR) is 134 cm³/mol. The van der Waals surface area contributed by atoms with Gasteiger partial charge in [0.15, 0.2) is 5.16 Å². The molecule has 7 heteroatoms. The van der Waals surface area contributed by atoms with Crippen molar-refractivity contribution in [2.75, 3.05) is 17.6 Å². The van der Waals surface area contributed by atoms with Crippen LogP contribution in [0.25, 0.3) is 16.5 Å². The number of aryl methyl sites for hydroxylation is 1. The lowest BCUT2D eigenvalue weighted by Gasteiger charge is -2.14. The van der Waals surface area contributed by atoms with Crippen LogP contribution < -0.4 is 5.32 Å². The van der Waals surface area contributed by atoms with E-state index >= 15 is 0 Å². The second kappa shape index (κ2) is 8.85. The molecule has 1 heterocycles. The van der Waals surface area contributed by atoms with E-state index in [2.05, 4.69) is 78.5 Å². The molecule has 1 fully saturated rings. The molecule has 4 aromatic rings. The third-order valence-electron chi connectivity index (χ3n) is 5.56. The molecule has 0 aliphatic heterocycles. The maximum Gasteiger partial charge on any atom is 0.205 e. The van der Waals surface area contributed by atoms with E-state index in [-0.39, 0.29) is 0 Å². The second-order valence-electron chi connectivity index (χ2n) is 7.84. The van der Waals surface area contributed by atoms with Crippen LogP contribution in [0.3, 0.4) is 0 Å². The van der Waals surface area contributed by atoms with Gasteiger partial charge in [-0.05, 0) is 76.3 Å². The first-order valence-corrected chi connectivity index (χ1v) is 12.5. The highest BCUT2D eigenvalue weighted by atomic mass is 79.9. The monoisotopic (exact) mass is 512 g/mol. The molecule has 0 spiro atoms. The summed E-state index contributed by atoms with van der Waals surface area (Å²) in [5, 5.41) is 16.3. The quantitative estimate of drug-likeness (QED) is 0.209. The lowest BCUT2D eigenvalue weighted by atomic mass is 9.99. The van der Waals surface area contributed by atoms with Crippen LogP contribution in [0.1, 0.15) is 29.9 Å². The summed E-state index contributed by atoms with van der Waals surface area (Å²) >= 11 is 11.6. The van der Waals surface area contributed by atoms with Gasteiger partial charge in [-0.1, -0.05) is 59.8 Å². The minimum absolute atomic E-state index is 0.705. The first-order valence-electron chi connectivity index (χ1n) is 10.4. The fraction of sp³-hybridized carbons (Fsp3) is 0.250. The van der Waals surface area contributed by atoms with Crippen molar-refractivity contribution < 1.29 is 0 Å². The Morgan fingerprint density at radius 2 is 1.90 bits per heavy atom. The predicted octanol–water partition coefficient (Wildman–Crippen LogP) is 7.23. The van der Waals surface area contributed by atoms with Gasteiger partial charge in [0, 0.05) is 17.7 Å². The van der Waals surface area contributed by atoms with E-state index in [1.807, 2.05) is 19.1 Å². The highest BCUT2D eigenvalue weighted by Crippen LogP contribution is 2.44. The summed E-state index contributed by atoms with van der Waals surface area (Å²) in [4.78, 5) is 0. The Kier molecular flexibility index (Phi) is 5.95. The summed E-state index contributed by atoms with van der Waals surface area (Å²) in [5.74, 6) is 1.55. The van der Waals surface area contributed by atoms with E-state index in [1.54, 1.807) is 11.8 Å². The highest BCUT2D eigenvalue weighted by molar-refractivity contribution is 9.10. The number of rotatable bonds is 7. The molecule has 4 nitrogen and oxygen atoms in total. The lowest BCUT2D eigenvalue weighted by molar-refractivity contribution is 0.881. The van der Waals surface area contributed by atoms with Gasteiger partial charge in [0.05, 0.1) is 16.4 Å². The Balaban J connectivity index is 1.37. The van der Waals surface area contributed by atoms with Crippen LogP contribution in [-0.4, -0.2) is 27.1 Å². The van der Waals surface area contributed by atoms with E-state index in [4.69, 9.17) is 11.6 Å². The Bertz CT molecular complexity index is 1250. The van der Waals surface area contributed by atoms with E-state index < -0.39 is 0 Å².